The molecule has 0 aliphatic rings. The quantitative estimate of drug-likeness (QED) is 0.0416. The van der Waals surface area contributed by atoms with E-state index in [9.17, 15) is 43.2 Å². The Balaban J connectivity index is 0.000000310. The summed E-state index contributed by atoms with van der Waals surface area (Å²) in [5.41, 5.74) is -4.09. The molecule has 0 aliphatic heterocycles. The van der Waals surface area contributed by atoms with Gasteiger partial charge < -0.3 is 14.2 Å². The van der Waals surface area contributed by atoms with Gasteiger partial charge in [-0.15, -0.1) is 0 Å². The first kappa shape index (κ1) is 53.3. The van der Waals surface area contributed by atoms with Crippen LogP contribution in [0.4, 0.5) is 26.3 Å². The van der Waals surface area contributed by atoms with E-state index in [1.807, 2.05) is 0 Å². The van der Waals surface area contributed by atoms with Crippen molar-refractivity contribution in [2.24, 2.45) is 0 Å². The van der Waals surface area contributed by atoms with Gasteiger partial charge in [-0.3, -0.25) is 0 Å². The molecule has 0 atom stereocenters. The number of rotatable bonds is 18. The predicted molar refractivity (Wildman–Crippen MR) is 224 cm³/mol. The van der Waals surface area contributed by atoms with Crippen molar-refractivity contribution >= 4 is 52.1 Å². The Kier molecular flexibility index (Phi) is 22.4. The number of halogens is 8. The van der Waals surface area contributed by atoms with Gasteiger partial charge in [0.15, 0.2) is 0 Å². The van der Waals surface area contributed by atoms with Gasteiger partial charge in [0.1, 0.15) is 0 Å². The van der Waals surface area contributed by atoms with Crippen LogP contribution in [0.2, 0.25) is 0 Å². The van der Waals surface area contributed by atoms with Crippen LogP contribution in [0.25, 0.3) is 0 Å². The summed E-state index contributed by atoms with van der Waals surface area (Å²) < 4.78 is 138. The van der Waals surface area contributed by atoms with Crippen LogP contribution in [-0.2, 0) is 68.5 Å². The predicted octanol–water partition coefficient (Wildman–Crippen LogP) is 10.9. The fraction of sp³-hybridized carbons (Fsp3) is 0.415. The number of benzene rings is 4. The largest absolute Gasteiger partial charge is 0.523 e. The lowest BCUT2D eigenvalue weighted by Gasteiger charge is -2.18. The van der Waals surface area contributed by atoms with Gasteiger partial charge in [0, 0.05) is 28.8 Å². The van der Waals surface area contributed by atoms with E-state index in [4.69, 9.17) is 9.47 Å². The van der Waals surface area contributed by atoms with Crippen molar-refractivity contribution < 1.29 is 65.8 Å². The van der Waals surface area contributed by atoms with Crippen molar-refractivity contribution in [2.45, 2.75) is 90.0 Å². The lowest BCUT2D eigenvalue weighted by Crippen LogP contribution is -2.37. The molecule has 0 spiro atoms. The highest BCUT2D eigenvalue weighted by Gasteiger charge is 2.53. The van der Waals surface area contributed by atoms with Crippen LogP contribution in [0.15, 0.2) is 106 Å². The van der Waals surface area contributed by atoms with Gasteiger partial charge in [0.05, 0.1) is 12.2 Å². The number of aryl methyl sites for hydroxylation is 2. The minimum atomic E-state index is -6.42. The zero-order valence-corrected chi connectivity index (χ0v) is 38.2. The molecule has 4 aromatic carbocycles. The van der Waals surface area contributed by atoms with Crippen LogP contribution in [0.1, 0.15) is 54.2 Å². The van der Waals surface area contributed by atoms with Crippen LogP contribution >= 0.6 is 31.9 Å². The minimum absolute atomic E-state index is 0.224. The van der Waals surface area contributed by atoms with Crippen molar-refractivity contribution in [3.63, 3.8) is 0 Å². The molecule has 0 bridgehead atoms. The monoisotopic (exact) mass is 1020 g/mol. The van der Waals surface area contributed by atoms with Crippen molar-refractivity contribution in [1.82, 2.24) is 0 Å². The highest BCUT2D eigenvalue weighted by Crippen LogP contribution is 2.30. The molecule has 0 N–H and O–H groups in total. The highest BCUT2D eigenvalue weighted by atomic mass is 79.9. The molecule has 0 saturated heterocycles. The SMILES string of the molecule is CCOC(Cc1ccc(Br)cc1)Cc1ccc(Br)cc1.CCOC(Cc1ccc(C)cc1)Cc1ccc(C)cc1.CCOC(OS(=O)(=O)C(F)(F)F)OS(=O)(=O)C(F)(F)F. The van der Waals surface area contributed by atoms with Gasteiger partial charge in [0.25, 0.3) is 0 Å². The van der Waals surface area contributed by atoms with Gasteiger partial charge in [-0.1, -0.05) is 116 Å². The second-order valence-corrected chi connectivity index (χ2v) is 17.9. The molecule has 0 heterocycles. The van der Waals surface area contributed by atoms with Crippen LogP contribution in [0.5, 0.6) is 0 Å². The van der Waals surface area contributed by atoms with Crippen LogP contribution in [-0.4, -0.2) is 66.4 Å². The summed E-state index contributed by atoms with van der Waals surface area (Å²) in [5.74, 6) is 0. The summed E-state index contributed by atoms with van der Waals surface area (Å²) in [6, 6.07) is 34.4. The Morgan fingerprint density at radius 3 is 0.950 bits per heavy atom. The summed E-state index contributed by atoms with van der Waals surface area (Å²) in [6.45, 7) is 6.91. The van der Waals surface area contributed by atoms with E-state index in [0.29, 0.717) is 0 Å². The second kappa shape index (κ2) is 25.3. The van der Waals surface area contributed by atoms with E-state index in [1.54, 1.807) is 0 Å². The van der Waals surface area contributed by atoms with E-state index in [0.717, 1.165) is 54.8 Å². The van der Waals surface area contributed by atoms with Gasteiger partial charge in [-0.25, -0.2) is 8.37 Å². The average Bonchev–Trinajstić information content (AvgIpc) is 3.15. The van der Waals surface area contributed by atoms with Gasteiger partial charge >= 0.3 is 37.7 Å². The molecular formula is C41H48Br2F6O9S2. The first-order valence-corrected chi connectivity index (χ1v) is 22.8. The number of alkyl halides is 6. The molecule has 0 amide bonds. The zero-order valence-electron chi connectivity index (χ0n) is 33.4. The molecule has 9 nitrogen and oxygen atoms in total. The standard InChI is InChI=1S/C19H24O.C17H18Br2O.C5H6F6O7S2/c1-4-20-19(13-17-9-5-15(2)6-10-17)14-18-11-7-16(3)8-12-18;1-2-20-17(11-13-3-7-15(18)8-4-13)12-14-5-9-16(19)10-6-14;1-2-16-3(17-19(12,13)4(6,7)8)18-20(14,15)5(9,10)11/h5-12,19H,4,13-14H2,1-3H3;3-10,17H,2,11-12H2,1H3;3H,2H2,1H3. The maximum Gasteiger partial charge on any atom is 0.523 e. The number of hydrogen-bond donors (Lipinski definition) is 0. The van der Waals surface area contributed by atoms with Gasteiger partial charge in [-0.2, -0.15) is 43.2 Å². The Bertz CT molecular complexity index is 1810. The van der Waals surface area contributed by atoms with Crippen molar-refractivity contribution in [3.05, 3.63) is 139 Å². The molecule has 4 rings (SSSR count). The summed E-state index contributed by atoms with van der Waals surface area (Å²) in [5, 5.41) is 0. The third-order valence-electron chi connectivity index (χ3n) is 8.01. The molecule has 0 radical (unpaired) electrons. The van der Waals surface area contributed by atoms with Crippen molar-refractivity contribution in [1.29, 1.82) is 0 Å². The van der Waals surface area contributed by atoms with E-state index < -0.39 is 44.3 Å². The fourth-order valence-corrected chi connectivity index (χ4v) is 6.52. The lowest BCUT2D eigenvalue weighted by molar-refractivity contribution is -0.205. The topological polar surface area (TPSA) is 114 Å². The van der Waals surface area contributed by atoms with Crippen LogP contribution in [0, 0.1) is 13.8 Å². The molecular weight excluding hydrogens is 974 g/mol. The van der Waals surface area contributed by atoms with Gasteiger partial charge in [-0.05, 0) is 107 Å². The van der Waals surface area contributed by atoms with Gasteiger partial charge in [0.2, 0.25) is 0 Å². The van der Waals surface area contributed by atoms with E-state index in [1.165, 1.54) is 33.4 Å². The lowest BCUT2D eigenvalue weighted by atomic mass is 10.00. The summed E-state index contributed by atoms with van der Waals surface area (Å²) in [6.07, 6.45) is 4.31. The third kappa shape index (κ3) is 19.9. The molecule has 0 aromatic heterocycles. The molecule has 19 heteroatoms. The first-order valence-electron chi connectivity index (χ1n) is 18.4. The van der Waals surface area contributed by atoms with Crippen molar-refractivity contribution in [2.75, 3.05) is 19.8 Å². The Morgan fingerprint density at radius 2 is 0.717 bits per heavy atom. The molecule has 60 heavy (non-hydrogen) atoms. The van der Waals surface area contributed by atoms with E-state index in [-0.39, 0.29) is 12.2 Å². The normalized spacial score (nSPS) is 12.3. The van der Waals surface area contributed by atoms with E-state index >= 15 is 0 Å². The van der Waals surface area contributed by atoms with Crippen LogP contribution < -0.4 is 0 Å². The number of hydrogen-bond acceptors (Lipinski definition) is 9. The first-order chi connectivity index (χ1) is 28.0. The smallest absolute Gasteiger partial charge is 0.378 e. The summed E-state index contributed by atoms with van der Waals surface area (Å²) >= 11 is 6.93. The third-order valence-corrected chi connectivity index (χ3v) is 11.0. The molecule has 0 fully saturated rings. The van der Waals surface area contributed by atoms with Crippen molar-refractivity contribution in [3.8, 4) is 0 Å². The summed E-state index contributed by atoms with van der Waals surface area (Å²) in [7, 11) is -12.8. The molecule has 334 valence electrons. The molecule has 4 aromatic rings. The minimum Gasteiger partial charge on any atom is -0.378 e. The fourth-order valence-electron chi connectivity index (χ4n) is 5.12. The Labute approximate surface area is 365 Å². The Morgan fingerprint density at radius 1 is 0.467 bits per heavy atom. The Hall–Kier alpha value is -2.88. The molecule has 0 unspecified atom stereocenters. The number of ether oxygens (including phenoxy) is 3. The maximum absolute atomic E-state index is 11.9. The molecule has 0 aliphatic carbocycles. The highest BCUT2D eigenvalue weighted by molar-refractivity contribution is 9.10. The zero-order chi connectivity index (χ0) is 45.1. The summed E-state index contributed by atoms with van der Waals surface area (Å²) in [4.78, 5) is 0. The second-order valence-electron chi connectivity index (χ2n) is 12.9. The molecule has 0 saturated carbocycles. The average molecular weight is 1020 g/mol. The maximum atomic E-state index is 11.9. The van der Waals surface area contributed by atoms with Crippen LogP contribution in [0.3, 0.4) is 0 Å². The van der Waals surface area contributed by atoms with E-state index in [2.05, 4.69) is 170 Å².